The highest BCUT2D eigenvalue weighted by Gasteiger charge is 2.51. The molecule has 4 amide bonds. The third-order valence-corrected chi connectivity index (χ3v) is 8.21. The average Bonchev–Trinajstić information content (AvgIpc) is 3.59. The number of fused-ring (bicyclic) bond motifs is 2. The minimum atomic E-state index is -0.657. The molecule has 3 fully saturated rings. The van der Waals surface area contributed by atoms with Crippen LogP contribution >= 0.6 is 0 Å². The summed E-state index contributed by atoms with van der Waals surface area (Å²) in [7, 11) is 0. The van der Waals surface area contributed by atoms with Crippen LogP contribution in [0.2, 0.25) is 0 Å². The van der Waals surface area contributed by atoms with Crippen molar-refractivity contribution in [3.05, 3.63) is 41.2 Å². The second kappa shape index (κ2) is 7.73. The molecule has 4 aliphatic rings. The van der Waals surface area contributed by atoms with Crippen LogP contribution in [0.15, 0.2) is 24.4 Å². The van der Waals surface area contributed by atoms with Gasteiger partial charge in [-0.2, -0.15) is 0 Å². The number of aromatic nitrogens is 3. The number of likely N-dealkylation sites (tertiary alicyclic amines) is 1. The van der Waals surface area contributed by atoms with Gasteiger partial charge in [-0.25, -0.2) is 4.68 Å². The number of imide groups is 1. The molecule has 6 rings (SSSR count). The number of piperidine rings is 1. The molecule has 3 atom stereocenters. The molecule has 0 bridgehead atoms. The molecule has 1 aromatic carbocycles. The summed E-state index contributed by atoms with van der Waals surface area (Å²) in [6.07, 6.45) is 5.50. The lowest BCUT2D eigenvalue weighted by molar-refractivity contribution is -0.136. The molecule has 1 unspecified atom stereocenters. The summed E-state index contributed by atoms with van der Waals surface area (Å²) < 4.78 is 1.52. The summed E-state index contributed by atoms with van der Waals surface area (Å²) in [6, 6.07) is 4.99. The Morgan fingerprint density at radius 1 is 1.14 bits per heavy atom. The quantitative estimate of drug-likeness (QED) is 0.674. The fourth-order valence-electron chi connectivity index (χ4n) is 6.44. The van der Waals surface area contributed by atoms with E-state index in [9.17, 15) is 19.2 Å². The van der Waals surface area contributed by atoms with Crippen LogP contribution in [-0.2, 0) is 16.1 Å². The van der Waals surface area contributed by atoms with E-state index < -0.39 is 11.9 Å². The van der Waals surface area contributed by atoms with Crippen LogP contribution in [0, 0.1) is 11.3 Å². The van der Waals surface area contributed by atoms with Gasteiger partial charge in [-0.15, -0.1) is 5.10 Å². The van der Waals surface area contributed by atoms with Crippen LogP contribution in [0.5, 0.6) is 0 Å². The Hall–Kier alpha value is -3.56. The minimum Gasteiger partial charge on any atom is -0.333 e. The lowest BCUT2D eigenvalue weighted by Gasteiger charge is -2.29. The number of amides is 4. The molecular weight excluding hydrogens is 448 g/mol. The van der Waals surface area contributed by atoms with Gasteiger partial charge in [-0.1, -0.05) is 31.5 Å². The normalized spacial score (nSPS) is 27.3. The van der Waals surface area contributed by atoms with Gasteiger partial charge in [0.05, 0.1) is 11.9 Å². The molecule has 1 saturated carbocycles. The van der Waals surface area contributed by atoms with E-state index in [4.69, 9.17) is 0 Å². The zero-order valence-corrected chi connectivity index (χ0v) is 19.9. The Kier molecular flexibility index (Phi) is 4.84. The van der Waals surface area contributed by atoms with Crippen molar-refractivity contribution in [2.24, 2.45) is 11.3 Å². The maximum Gasteiger partial charge on any atom is 0.276 e. The van der Waals surface area contributed by atoms with Crippen molar-refractivity contribution in [3.8, 4) is 5.69 Å². The van der Waals surface area contributed by atoms with Crippen LogP contribution in [0.3, 0.4) is 0 Å². The molecule has 35 heavy (non-hydrogen) atoms. The van der Waals surface area contributed by atoms with Crippen molar-refractivity contribution >= 4 is 23.6 Å². The lowest BCUT2D eigenvalue weighted by Crippen LogP contribution is -2.52. The Bertz CT molecular complexity index is 1270. The Labute approximate surface area is 202 Å². The summed E-state index contributed by atoms with van der Waals surface area (Å²) >= 11 is 0. The van der Waals surface area contributed by atoms with Gasteiger partial charge in [0.25, 0.3) is 11.8 Å². The molecule has 2 saturated heterocycles. The zero-order valence-electron chi connectivity index (χ0n) is 19.9. The first-order valence-corrected chi connectivity index (χ1v) is 12.2. The SMILES string of the molecule is CC1(C)CN(C(=O)c2cn(-c3ccc4c(c3)C(=O)N(C3CCC(=O)NC3=O)C4)nn2)[C@@H]2CCC[C@@H]21. The predicted molar refractivity (Wildman–Crippen MR) is 123 cm³/mol. The van der Waals surface area contributed by atoms with E-state index in [-0.39, 0.29) is 35.6 Å². The van der Waals surface area contributed by atoms with Gasteiger partial charge in [0.15, 0.2) is 5.69 Å². The number of carbonyl (C=O) groups excluding carboxylic acids is 4. The number of nitrogens with zero attached hydrogens (tertiary/aromatic N) is 5. The van der Waals surface area contributed by atoms with Crippen LogP contribution in [-0.4, -0.2) is 67.1 Å². The van der Waals surface area contributed by atoms with Crippen LogP contribution in [0.25, 0.3) is 5.69 Å². The van der Waals surface area contributed by atoms with Crippen molar-refractivity contribution in [1.82, 2.24) is 30.1 Å². The van der Waals surface area contributed by atoms with Crippen LogP contribution in [0.1, 0.15) is 72.4 Å². The number of nitrogens with one attached hydrogen (secondary N) is 1. The van der Waals surface area contributed by atoms with E-state index in [0.717, 1.165) is 31.4 Å². The Morgan fingerprint density at radius 2 is 1.97 bits per heavy atom. The summed E-state index contributed by atoms with van der Waals surface area (Å²) in [5.74, 6) is -0.567. The van der Waals surface area contributed by atoms with Crippen molar-refractivity contribution in [1.29, 1.82) is 0 Å². The maximum atomic E-state index is 13.3. The van der Waals surface area contributed by atoms with Gasteiger partial charge in [-0.3, -0.25) is 24.5 Å². The molecule has 2 aromatic rings. The highest BCUT2D eigenvalue weighted by Crippen LogP contribution is 2.48. The third-order valence-electron chi connectivity index (χ3n) is 8.21. The molecule has 1 N–H and O–H groups in total. The van der Waals surface area contributed by atoms with Gasteiger partial charge < -0.3 is 9.80 Å². The van der Waals surface area contributed by atoms with Crippen LogP contribution < -0.4 is 5.32 Å². The average molecular weight is 477 g/mol. The van der Waals surface area contributed by atoms with Crippen molar-refractivity contribution < 1.29 is 19.2 Å². The molecule has 4 heterocycles. The first-order valence-electron chi connectivity index (χ1n) is 12.2. The summed E-state index contributed by atoms with van der Waals surface area (Å²) in [5, 5.41) is 10.6. The van der Waals surface area contributed by atoms with Crippen LogP contribution in [0.4, 0.5) is 0 Å². The van der Waals surface area contributed by atoms with Gasteiger partial charge in [0.2, 0.25) is 11.8 Å². The minimum absolute atomic E-state index is 0.0972. The highest BCUT2D eigenvalue weighted by atomic mass is 16.2. The Morgan fingerprint density at radius 3 is 2.77 bits per heavy atom. The van der Waals surface area contributed by atoms with Crippen molar-refractivity contribution in [2.75, 3.05) is 6.54 Å². The standard InChI is InChI=1S/C25H28N6O4/c1-25(2)13-30(19-5-3-4-17(19)25)24(35)18-12-31(28-27-18)15-7-6-14-11-29(23(34)16(14)10-15)20-8-9-21(32)26-22(20)33/h6-7,10,12,17,19-20H,3-5,8-9,11,13H2,1-2H3,(H,26,32,33)/t17-,19+,20?/m0/s1. The number of hydrogen-bond donors (Lipinski definition) is 1. The number of hydrogen-bond acceptors (Lipinski definition) is 6. The summed E-state index contributed by atoms with van der Waals surface area (Å²) in [4.78, 5) is 53.7. The van der Waals surface area contributed by atoms with E-state index in [1.54, 1.807) is 12.3 Å². The second-order valence-electron chi connectivity index (χ2n) is 10.8. The van der Waals surface area contributed by atoms with Gasteiger partial charge in [0, 0.05) is 31.1 Å². The molecule has 1 aromatic heterocycles. The topological polar surface area (TPSA) is 118 Å². The molecule has 10 heteroatoms. The molecule has 182 valence electrons. The monoisotopic (exact) mass is 476 g/mol. The largest absolute Gasteiger partial charge is 0.333 e. The first-order chi connectivity index (χ1) is 16.7. The van der Waals surface area contributed by atoms with E-state index in [1.807, 2.05) is 17.0 Å². The number of benzene rings is 1. The van der Waals surface area contributed by atoms with Gasteiger partial charge >= 0.3 is 0 Å². The van der Waals surface area contributed by atoms with Crippen molar-refractivity contribution in [2.45, 2.75) is 64.6 Å². The predicted octanol–water partition coefficient (Wildman–Crippen LogP) is 1.68. The van der Waals surface area contributed by atoms with E-state index >= 15 is 0 Å². The van der Waals surface area contributed by atoms with Gasteiger partial charge in [0.1, 0.15) is 6.04 Å². The lowest BCUT2D eigenvalue weighted by atomic mass is 9.80. The summed E-state index contributed by atoms with van der Waals surface area (Å²) in [6.45, 7) is 5.51. The fourth-order valence-corrected chi connectivity index (χ4v) is 6.44. The molecular formula is C25H28N6O4. The summed E-state index contributed by atoms with van der Waals surface area (Å²) in [5.41, 5.74) is 2.32. The second-order valence-corrected chi connectivity index (χ2v) is 10.8. The highest BCUT2D eigenvalue weighted by molar-refractivity contribution is 6.05. The Balaban J connectivity index is 1.22. The van der Waals surface area contributed by atoms with E-state index in [2.05, 4.69) is 29.5 Å². The van der Waals surface area contributed by atoms with E-state index in [1.165, 1.54) is 9.58 Å². The third kappa shape index (κ3) is 3.45. The number of rotatable bonds is 3. The molecule has 10 nitrogen and oxygen atoms in total. The van der Waals surface area contributed by atoms with Gasteiger partial charge in [-0.05, 0) is 48.3 Å². The molecule has 1 aliphatic carbocycles. The zero-order chi connectivity index (χ0) is 24.5. The maximum absolute atomic E-state index is 13.3. The van der Waals surface area contributed by atoms with E-state index in [0.29, 0.717) is 35.8 Å². The molecule has 3 aliphatic heterocycles. The fraction of sp³-hybridized carbons (Fsp3) is 0.520. The first kappa shape index (κ1) is 21.9. The number of carbonyl (C=O) groups is 4. The smallest absolute Gasteiger partial charge is 0.276 e. The van der Waals surface area contributed by atoms with Crippen molar-refractivity contribution in [3.63, 3.8) is 0 Å². The molecule has 0 spiro atoms. The molecule has 0 radical (unpaired) electrons.